The van der Waals surface area contributed by atoms with Crippen LogP contribution in [0.1, 0.15) is 13.8 Å². The van der Waals surface area contributed by atoms with Gasteiger partial charge in [0.15, 0.2) is 5.82 Å². The van der Waals surface area contributed by atoms with Crippen LogP contribution in [0.5, 0.6) is 0 Å². The second-order valence-electron chi connectivity index (χ2n) is 4.16. The molecule has 0 bridgehead atoms. The molecule has 0 aliphatic heterocycles. The number of hydrogen-bond donors (Lipinski definition) is 2. The van der Waals surface area contributed by atoms with E-state index in [9.17, 15) is 14.8 Å². The number of carbonyl (C=O) groups is 2. The summed E-state index contributed by atoms with van der Waals surface area (Å²) in [4.78, 5) is 32.0. The van der Waals surface area contributed by atoms with Gasteiger partial charge in [-0.2, -0.15) is 4.98 Å². The lowest BCUT2D eigenvalue weighted by Gasteiger charge is -2.15. The number of nitrogens with one attached hydrogen (secondary N) is 1. The van der Waals surface area contributed by atoms with Crippen molar-refractivity contribution in [2.45, 2.75) is 13.8 Å². The summed E-state index contributed by atoms with van der Waals surface area (Å²) in [6.45, 7) is 3.57. The number of hydrogen-bond acceptors (Lipinski definition) is 7. The fourth-order valence-electron chi connectivity index (χ4n) is 1.37. The number of carbonyl (C=O) groups excluding carboxylic acids is 2. The number of amides is 2. The molecule has 22 heavy (non-hydrogen) atoms. The van der Waals surface area contributed by atoms with Crippen molar-refractivity contribution in [1.29, 1.82) is 0 Å². The predicted octanol–water partition coefficient (Wildman–Crippen LogP) is 0.812. The molecule has 2 N–H and O–H groups in total. The first-order valence-corrected chi connectivity index (χ1v) is 6.55. The van der Waals surface area contributed by atoms with Crippen LogP contribution in [0.2, 0.25) is 0 Å². The van der Waals surface area contributed by atoms with Crippen molar-refractivity contribution in [3.8, 4) is 0 Å². The highest BCUT2D eigenvalue weighted by Gasteiger charge is 2.12. The second-order valence-corrected chi connectivity index (χ2v) is 4.16. The smallest absolute Gasteiger partial charge is 0.437 e. The van der Waals surface area contributed by atoms with Crippen molar-refractivity contribution >= 4 is 23.8 Å². The average Bonchev–Trinajstić information content (AvgIpc) is 2.43. The molecule has 10 heteroatoms. The number of nitrogens with zero attached hydrogens (tertiary/aromatic N) is 4. The molecule has 1 rings (SSSR count). The lowest BCUT2D eigenvalue weighted by Crippen LogP contribution is -2.30. The third kappa shape index (κ3) is 4.65. The molecule has 0 radical (unpaired) electrons. The maximum Gasteiger partial charge on any atom is 0.437 e. The van der Waals surface area contributed by atoms with E-state index in [0.29, 0.717) is 10.5 Å². The Morgan fingerprint density at radius 3 is 2.55 bits per heavy atom. The molecule has 1 aromatic heterocycles. The minimum Gasteiger partial charge on any atom is -0.450 e. The normalized spacial score (nSPS) is 11.0. The first-order valence-electron chi connectivity index (χ1n) is 6.55. The molecule has 0 aliphatic rings. The van der Waals surface area contributed by atoms with Crippen molar-refractivity contribution in [1.82, 2.24) is 9.71 Å². The monoisotopic (exact) mass is 313 g/mol. The largest absolute Gasteiger partial charge is 0.450 e. The maximum atomic E-state index is 11.5. The summed E-state index contributed by atoms with van der Waals surface area (Å²) in [7, 11) is 3.40. The first kappa shape index (κ1) is 17.3. The van der Waals surface area contributed by atoms with Crippen molar-refractivity contribution in [2.24, 2.45) is 4.99 Å². The highest BCUT2D eigenvalue weighted by molar-refractivity contribution is 5.83. The van der Waals surface area contributed by atoms with Gasteiger partial charge in [0.25, 0.3) is 5.62 Å². The Morgan fingerprint density at radius 1 is 1.36 bits per heavy atom. The van der Waals surface area contributed by atoms with Crippen LogP contribution in [-0.4, -0.2) is 54.4 Å². The Labute approximate surface area is 127 Å². The number of anilines is 2. The van der Waals surface area contributed by atoms with E-state index in [1.807, 2.05) is 0 Å². The summed E-state index contributed by atoms with van der Waals surface area (Å²) >= 11 is 0. The summed E-state index contributed by atoms with van der Waals surface area (Å²) in [5.74, 6) is 0.306. The molecule has 0 saturated heterocycles. The van der Waals surface area contributed by atoms with Gasteiger partial charge in [-0.25, -0.2) is 9.59 Å². The topological polar surface area (TPSA) is 118 Å². The van der Waals surface area contributed by atoms with Crippen LogP contribution in [0.4, 0.5) is 21.2 Å². The van der Waals surface area contributed by atoms with E-state index in [1.165, 1.54) is 6.07 Å². The quantitative estimate of drug-likeness (QED) is 0.790. The molecule has 10 nitrogen and oxygen atoms in total. The van der Waals surface area contributed by atoms with E-state index in [4.69, 9.17) is 4.74 Å². The fraction of sp³-hybridized carbons (Fsp3) is 0.500. The Hall–Kier alpha value is -2.78. The Morgan fingerprint density at radius 2 is 2.00 bits per heavy atom. The Bertz CT molecular complexity index is 610. The van der Waals surface area contributed by atoms with E-state index in [2.05, 4.69) is 20.0 Å². The molecule has 0 unspecified atom stereocenters. The first-order chi connectivity index (χ1) is 10.4. The minimum atomic E-state index is -0.907. The van der Waals surface area contributed by atoms with E-state index < -0.39 is 12.2 Å². The van der Waals surface area contributed by atoms with Gasteiger partial charge in [-0.15, -0.1) is 9.72 Å². The Balaban J connectivity index is 3.29. The molecule has 122 valence electrons. The van der Waals surface area contributed by atoms with Gasteiger partial charge in [0, 0.05) is 20.2 Å². The van der Waals surface area contributed by atoms with Crippen LogP contribution in [0.3, 0.4) is 0 Å². The number of aromatic nitrogens is 2. The zero-order chi connectivity index (χ0) is 16.7. The van der Waals surface area contributed by atoms with Crippen LogP contribution in [0.25, 0.3) is 0 Å². The van der Waals surface area contributed by atoms with Crippen molar-refractivity contribution in [3.63, 3.8) is 0 Å². The van der Waals surface area contributed by atoms with Crippen LogP contribution in [0, 0.1) is 0 Å². The highest BCUT2D eigenvalue weighted by Crippen LogP contribution is 2.11. The van der Waals surface area contributed by atoms with Crippen molar-refractivity contribution in [2.75, 3.05) is 37.5 Å². The summed E-state index contributed by atoms with van der Waals surface area (Å²) in [6.07, 6.45) is -1.67. The summed E-state index contributed by atoms with van der Waals surface area (Å²) in [5.41, 5.74) is -0.337. The molecule has 1 aromatic rings. The van der Waals surface area contributed by atoms with E-state index in [-0.39, 0.29) is 24.6 Å². The van der Waals surface area contributed by atoms with Gasteiger partial charge < -0.3 is 19.6 Å². The summed E-state index contributed by atoms with van der Waals surface area (Å²) < 4.78 is 9.85. The molecule has 1 heterocycles. The maximum absolute atomic E-state index is 11.5. The third-order valence-electron chi connectivity index (χ3n) is 2.32. The molecule has 0 atom stereocenters. The average molecular weight is 313 g/mol. The molecule has 0 spiro atoms. The summed E-state index contributed by atoms with van der Waals surface area (Å²) in [5, 5.41) is 12.3. The van der Waals surface area contributed by atoms with Gasteiger partial charge in [-0.1, -0.05) is 0 Å². The molecular formula is C12H19N5O5. The lowest BCUT2D eigenvalue weighted by atomic mass is 10.5. The van der Waals surface area contributed by atoms with Gasteiger partial charge >= 0.3 is 12.2 Å². The van der Waals surface area contributed by atoms with Gasteiger partial charge in [0.2, 0.25) is 0 Å². The van der Waals surface area contributed by atoms with E-state index >= 15 is 0 Å². The van der Waals surface area contributed by atoms with Gasteiger partial charge in [0.05, 0.1) is 13.2 Å². The van der Waals surface area contributed by atoms with Crippen LogP contribution in [0.15, 0.2) is 11.1 Å². The number of rotatable bonds is 4. The summed E-state index contributed by atoms with van der Waals surface area (Å²) in [6, 6.07) is 1.39. The lowest BCUT2D eigenvalue weighted by molar-refractivity contribution is 0.151. The Kier molecular flexibility index (Phi) is 6.17. The molecular weight excluding hydrogens is 294 g/mol. The van der Waals surface area contributed by atoms with Crippen LogP contribution < -0.4 is 15.8 Å². The van der Waals surface area contributed by atoms with Crippen molar-refractivity contribution < 1.29 is 24.3 Å². The zero-order valence-corrected chi connectivity index (χ0v) is 12.9. The van der Waals surface area contributed by atoms with Crippen molar-refractivity contribution in [3.05, 3.63) is 11.7 Å². The SMILES string of the molecule is CCOC(=O)/N=c1\nc(N(C)C)cc(NC(=O)OCC)n1O. The fourth-order valence-corrected chi connectivity index (χ4v) is 1.37. The molecule has 0 aliphatic carbocycles. The van der Waals surface area contributed by atoms with E-state index in [1.54, 1.807) is 32.8 Å². The molecule has 0 aromatic carbocycles. The highest BCUT2D eigenvalue weighted by atomic mass is 16.6. The van der Waals surface area contributed by atoms with Gasteiger partial charge in [0.1, 0.15) is 5.82 Å². The number of ether oxygens (including phenoxy) is 2. The second kappa shape index (κ2) is 7.86. The zero-order valence-electron chi connectivity index (χ0n) is 12.9. The minimum absolute atomic E-state index is 0.0554. The van der Waals surface area contributed by atoms with Crippen LogP contribution in [-0.2, 0) is 9.47 Å². The predicted molar refractivity (Wildman–Crippen MR) is 77.0 cm³/mol. The van der Waals surface area contributed by atoms with Gasteiger partial charge in [-0.3, -0.25) is 5.32 Å². The third-order valence-corrected chi connectivity index (χ3v) is 2.32. The van der Waals surface area contributed by atoms with E-state index in [0.717, 1.165) is 0 Å². The van der Waals surface area contributed by atoms with Gasteiger partial charge in [-0.05, 0) is 13.8 Å². The molecule has 0 fully saturated rings. The molecule has 2 amide bonds. The molecule has 0 saturated carbocycles. The van der Waals surface area contributed by atoms with Crippen LogP contribution >= 0.6 is 0 Å². The standard InChI is InChI=1S/C12H19N5O5/c1-5-21-11(18)14-9-7-8(16(3)4)13-10(17(9)20)15-12(19)22-6-2/h7,20H,5-6H2,1-4H3,(H,14,18)/b15-10+.